The van der Waals surface area contributed by atoms with Crippen molar-refractivity contribution in [2.24, 2.45) is 5.92 Å². The molecule has 1 heterocycles. The third kappa shape index (κ3) is 3.99. The van der Waals surface area contributed by atoms with Crippen LogP contribution in [-0.4, -0.2) is 48.0 Å². The van der Waals surface area contributed by atoms with Crippen molar-refractivity contribution >= 4 is 23.6 Å². The Balaban J connectivity index is 1.61. The molecule has 2 fully saturated rings. The fourth-order valence-electron chi connectivity index (χ4n) is 2.70. The van der Waals surface area contributed by atoms with Crippen molar-refractivity contribution in [1.82, 2.24) is 10.2 Å². The molecule has 1 N–H and O–H groups in total. The van der Waals surface area contributed by atoms with Crippen molar-refractivity contribution in [1.29, 1.82) is 0 Å². The highest BCUT2D eigenvalue weighted by Crippen LogP contribution is 2.28. The van der Waals surface area contributed by atoms with Gasteiger partial charge in [0.25, 0.3) is 0 Å². The zero-order valence-corrected chi connectivity index (χ0v) is 14.1. The average molecular weight is 334 g/mol. The second-order valence-corrected chi connectivity index (χ2v) is 7.06. The molecule has 1 aliphatic heterocycles. The number of methoxy groups -OCH3 is 1. The number of carbonyl (C=O) groups is 2. The summed E-state index contributed by atoms with van der Waals surface area (Å²) >= 11 is 1.63. The first kappa shape index (κ1) is 16.2. The topological polar surface area (TPSA) is 58.6 Å². The second-order valence-electron chi connectivity index (χ2n) is 6.06. The molecule has 1 saturated carbocycles. The van der Waals surface area contributed by atoms with E-state index in [-0.39, 0.29) is 24.3 Å². The molecule has 1 atom stereocenters. The van der Waals surface area contributed by atoms with E-state index in [1.165, 1.54) is 12.8 Å². The van der Waals surface area contributed by atoms with E-state index in [4.69, 9.17) is 4.74 Å². The molecule has 1 unspecified atom stereocenters. The van der Waals surface area contributed by atoms with Crippen LogP contribution in [0, 0.1) is 5.92 Å². The summed E-state index contributed by atoms with van der Waals surface area (Å²) in [6.45, 7) is 0.745. The van der Waals surface area contributed by atoms with Crippen molar-refractivity contribution in [3.8, 4) is 5.75 Å². The van der Waals surface area contributed by atoms with Gasteiger partial charge in [-0.05, 0) is 24.8 Å². The lowest BCUT2D eigenvalue weighted by Gasteiger charge is -2.23. The van der Waals surface area contributed by atoms with Gasteiger partial charge in [0.2, 0.25) is 11.8 Å². The Morgan fingerprint density at radius 1 is 1.35 bits per heavy atom. The second kappa shape index (κ2) is 7.25. The maximum Gasteiger partial charge on any atom is 0.243 e. The van der Waals surface area contributed by atoms with Gasteiger partial charge in [-0.25, -0.2) is 0 Å². The standard InChI is InChI=1S/C17H22N2O3S/c1-22-15-5-3-2-4-13(15)8-16(20)19-11-23-10-14(19)17(21)18-9-12-6-7-12/h2-5,12,14H,6-11H2,1H3,(H,18,21). The van der Waals surface area contributed by atoms with Crippen LogP contribution >= 0.6 is 11.8 Å². The van der Waals surface area contributed by atoms with E-state index in [9.17, 15) is 9.59 Å². The molecule has 0 bridgehead atoms. The molecule has 2 amide bonds. The lowest BCUT2D eigenvalue weighted by molar-refractivity contribution is -0.137. The zero-order valence-electron chi connectivity index (χ0n) is 13.3. The quantitative estimate of drug-likeness (QED) is 0.860. The summed E-state index contributed by atoms with van der Waals surface area (Å²) in [7, 11) is 1.60. The van der Waals surface area contributed by atoms with E-state index >= 15 is 0 Å². The van der Waals surface area contributed by atoms with E-state index in [1.54, 1.807) is 23.8 Å². The number of ether oxygens (including phenoxy) is 1. The summed E-state index contributed by atoms with van der Waals surface area (Å²) in [5, 5.41) is 2.99. The van der Waals surface area contributed by atoms with Gasteiger partial charge >= 0.3 is 0 Å². The molecule has 1 aromatic carbocycles. The monoisotopic (exact) mass is 334 g/mol. The summed E-state index contributed by atoms with van der Waals surface area (Å²) in [6, 6.07) is 7.17. The van der Waals surface area contributed by atoms with Gasteiger partial charge in [-0.2, -0.15) is 0 Å². The predicted octanol–water partition coefficient (Wildman–Crippen LogP) is 1.67. The van der Waals surface area contributed by atoms with Crippen LogP contribution in [0.5, 0.6) is 5.75 Å². The average Bonchev–Trinajstić information content (AvgIpc) is 3.26. The van der Waals surface area contributed by atoms with Crippen LogP contribution in [0.4, 0.5) is 0 Å². The molecule has 0 spiro atoms. The van der Waals surface area contributed by atoms with Gasteiger partial charge < -0.3 is 15.0 Å². The van der Waals surface area contributed by atoms with Crippen molar-refractivity contribution in [3.05, 3.63) is 29.8 Å². The Kier molecular flexibility index (Phi) is 5.10. The normalized spacial score (nSPS) is 20.4. The Morgan fingerprint density at radius 3 is 2.87 bits per heavy atom. The van der Waals surface area contributed by atoms with E-state index in [2.05, 4.69) is 5.32 Å². The van der Waals surface area contributed by atoms with E-state index < -0.39 is 0 Å². The minimum Gasteiger partial charge on any atom is -0.496 e. The Morgan fingerprint density at radius 2 is 2.13 bits per heavy atom. The highest BCUT2D eigenvalue weighted by Gasteiger charge is 2.35. The van der Waals surface area contributed by atoms with Crippen LogP contribution in [-0.2, 0) is 16.0 Å². The molecule has 6 heteroatoms. The summed E-state index contributed by atoms with van der Waals surface area (Å²) in [5.74, 6) is 2.57. The van der Waals surface area contributed by atoms with Crippen LogP contribution in [0.25, 0.3) is 0 Å². The molecule has 124 valence electrons. The van der Waals surface area contributed by atoms with Gasteiger partial charge in [-0.15, -0.1) is 11.8 Å². The molecule has 5 nitrogen and oxygen atoms in total. The number of thioether (sulfide) groups is 1. The Hall–Kier alpha value is -1.69. The summed E-state index contributed by atoms with van der Waals surface area (Å²) < 4.78 is 5.30. The highest BCUT2D eigenvalue weighted by atomic mass is 32.2. The Labute approximate surface area is 140 Å². The van der Waals surface area contributed by atoms with Crippen LogP contribution in [0.15, 0.2) is 24.3 Å². The van der Waals surface area contributed by atoms with Gasteiger partial charge in [0, 0.05) is 17.9 Å². The third-order valence-corrected chi connectivity index (χ3v) is 5.31. The molecule has 1 aliphatic carbocycles. The number of amides is 2. The van der Waals surface area contributed by atoms with E-state index in [1.807, 2.05) is 24.3 Å². The SMILES string of the molecule is COc1ccccc1CC(=O)N1CSCC1C(=O)NCC1CC1. The highest BCUT2D eigenvalue weighted by molar-refractivity contribution is 7.99. The van der Waals surface area contributed by atoms with E-state index in [0.29, 0.717) is 23.3 Å². The number of hydrogen-bond acceptors (Lipinski definition) is 4. The van der Waals surface area contributed by atoms with Crippen molar-refractivity contribution < 1.29 is 14.3 Å². The van der Waals surface area contributed by atoms with Crippen LogP contribution in [0.1, 0.15) is 18.4 Å². The zero-order chi connectivity index (χ0) is 16.2. The number of rotatable bonds is 6. The van der Waals surface area contributed by atoms with Crippen LogP contribution < -0.4 is 10.1 Å². The molecule has 3 rings (SSSR count). The van der Waals surface area contributed by atoms with E-state index in [0.717, 1.165) is 12.1 Å². The minimum absolute atomic E-state index is 0.0183. The summed E-state index contributed by atoms with van der Waals surface area (Å²) in [6.07, 6.45) is 2.67. The van der Waals surface area contributed by atoms with Crippen molar-refractivity contribution in [2.45, 2.75) is 25.3 Å². The van der Waals surface area contributed by atoms with Gasteiger partial charge in [0.05, 0.1) is 19.4 Å². The van der Waals surface area contributed by atoms with Crippen molar-refractivity contribution in [3.63, 3.8) is 0 Å². The lowest BCUT2D eigenvalue weighted by Crippen LogP contribution is -2.48. The molecular weight excluding hydrogens is 312 g/mol. The fraction of sp³-hybridized carbons (Fsp3) is 0.529. The van der Waals surface area contributed by atoms with Crippen molar-refractivity contribution in [2.75, 3.05) is 25.3 Å². The number of para-hydroxylation sites is 1. The summed E-state index contributed by atoms with van der Waals surface area (Å²) in [4.78, 5) is 26.6. The smallest absolute Gasteiger partial charge is 0.243 e. The van der Waals surface area contributed by atoms with Gasteiger partial charge in [0.15, 0.2) is 0 Å². The lowest BCUT2D eigenvalue weighted by atomic mass is 10.1. The molecule has 23 heavy (non-hydrogen) atoms. The molecule has 1 aromatic rings. The Bertz CT molecular complexity index is 589. The molecule has 1 saturated heterocycles. The first-order chi connectivity index (χ1) is 11.2. The van der Waals surface area contributed by atoms with Crippen LogP contribution in [0.3, 0.4) is 0 Å². The number of carbonyl (C=O) groups excluding carboxylic acids is 2. The van der Waals surface area contributed by atoms with Gasteiger partial charge in [-0.1, -0.05) is 18.2 Å². The van der Waals surface area contributed by atoms with Gasteiger partial charge in [0.1, 0.15) is 11.8 Å². The maximum absolute atomic E-state index is 12.6. The minimum atomic E-state index is -0.346. The number of hydrogen-bond donors (Lipinski definition) is 1. The fourth-order valence-corrected chi connectivity index (χ4v) is 3.88. The molecule has 2 aliphatic rings. The largest absolute Gasteiger partial charge is 0.496 e. The molecular formula is C17H22N2O3S. The first-order valence-electron chi connectivity index (χ1n) is 7.96. The number of benzene rings is 1. The summed E-state index contributed by atoms with van der Waals surface area (Å²) in [5.41, 5.74) is 0.856. The number of nitrogens with one attached hydrogen (secondary N) is 1. The molecule has 0 aromatic heterocycles. The number of nitrogens with zero attached hydrogens (tertiary/aromatic N) is 1. The maximum atomic E-state index is 12.6. The molecule has 0 radical (unpaired) electrons. The van der Waals surface area contributed by atoms with Crippen LogP contribution in [0.2, 0.25) is 0 Å². The first-order valence-corrected chi connectivity index (χ1v) is 9.11. The third-order valence-electron chi connectivity index (χ3n) is 4.30. The van der Waals surface area contributed by atoms with Gasteiger partial charge in [-0.3, -0.25) is 9.59 Å². The predicted molar refractivity (Wildman–Crippen MR) is 90.4 cm³/mol.